The number of rotatable bonds is 4. The highest BCUT2D eigenvalue weighted by molar-refractivity contribution is 5.30. The van der Waals surface area contributed by atoms with Gasteiger partial charge in [0.05, 0.1) is 0 Å². The molecule has 2 atom stereocenters. The minimum absolute atomic E-state index is 0.375. The fourth-order valence-electron chi connectivity index (χ4n) is 3.90. The number of phenols is 1. The minimum atomic E-state index is 0.375. The molecule has 2 aliphatic rings. The fraction of sp³-hybridized carbons (Fsp3) is 0.684. The van der Waals surface area contributed by atoms with E-state index < -0.39 is 0 Å². The summed E-state index contributed by atoms with van der Waals surface area (Å²) >= 11 is 0. The molecular weight excluding hydrogens is 286 g/mol. The molecule has 2 heterocycles. The Balaban J connectivity index is 1.75. The lowest BCUT2D eigenvalue weighted by Gasteiger charge is -2.41. The first kappa shape index (κ1) is 16.7. The average molecular weight is 317 g/mol. The quantitative estimate of drug-likeness (QED) is 0.895. The van der Waals surface area contributed by atoms with Gasteiger partial charge in [-0.05, 0) is 56.5 Å². The maximum atomic E-state index is 9.91. The van der Waals surface area contributed by atoms with Crippen LogP contribution in [0.5, 0.6) is 5.75 Å². The van der Waals surface area contributed by atoms with Gasteiger partial charge in [-0.2, -0.15) is 0 Å². The van der Waals surface area contributed by atoms with Gasteiger partial charge in [-0.15, -0.1) is 0 Å². The van der Waals surface area contributed by atoms with E-state index >= 15 is 0 Å². The van der Waals surface area contributed by atoms with E-state index in [2.05, 4.69) is 35.0 Å². The molecule has 0 aliphatic carbocycles. The number of nitrogens with zero attached hydrogens (tertiary/aromatic N) is 2. The van der Waals surface area contributed by atoms with E-state index in [9.17, 15) is 5.11 Å². The van der Waals surface area contributed by atoms with Crippen molar-refractivity contribution in [3.8, 4) is 5.75 Å². The van der Waals surface area contributed by atoms with E-state index in [1.54, 1.807) is 6.07 Å². The maximum Gasteiger partial charge on any atom is 0.115 e. The van der Waals surface area contributed by atoms with E-state index in [0.717, 1.165) is 32.1 Å². The lowest BCUT2D eigenvalue weighted by atomic mass is 9.97. The van der Waals surface area contributed by atoms with E-state index in [0.29, 0.717) is 17.8 Å². The number of aromatic hydroxyl groups is 1. The Kier molecular flexibility index (Phi) is 5.57. The molecule has 0 bridgehead atoms. The molecule has 0 spiro atoms. The van der Waals surface area contributed by atoms with E-state index in [1.807, 2.05) is 12.1 Å². The van der Waals surface area contributed by atoms with E-state index in [4.69, 9.17) is 0 Å². The molecule has 0 radical (unpaired) electrons. The zero-order chi connectivity index (χ0) is 16.2. The normalized spacial score (nSPS) is 26.3. The van der Waals surface area contributed by atoms with E-state index in [1.165, 1.54) is 31.5 Å². The summed E-state index contributed by atoms with van der Waals surface area (Å²) in [4.78, 5) is 5.20. The summed E-state index contributed by atoms with van der Waals surface area (Å²) in [7, 11) is 0. The monoisotopic (exact) mass is 317 g/mol. The zero-order valence-corrected chi connectivity index (χ0v) is 14.5. The van der Waals surface area contributed by atoms with Gasteiger partial charge in [0.25, 0.3) is 0 Å². The van der Waals surface area contributed by atoms with Gasteiger partial charge in [0.2, 0.25) is 0 Å². The van der Waals surface area contributed by atoms with Crippen LogP contribution in [0.1, 0.15) is 38.3 Å². The molecule has 3 rings (SSSR count). The third kappa shape index (κ3) is 4.46. The van der Waals surface area contributed by atoms with E-state index in [-0.39, 0.29) is 0 Å². The first-order valence-electron chi connectivity index (χ1n) is 9.10. The third-order valence-corrected chi connectivity index (χ3v) is 5.40. The van der Waals surface area contributed by atoms with Gasteiger partial charge in [-0.25, -0.2) is 0 Å². The van der Waals surface area contributed by atoms with Crippen LogP contribution in [0.4, 0.5) is 0 Å². The standard InChI is InChI=1S/C19H31N3O/c1-15-6-9-21(10-7-15)14-19(17-4-3-5-18(23)12-17)22-11-8-20-16(2)13-22/h3-5,12,15-16,19-20,23H,6-11,13-14H2,1-2H3. The number of phenolic OH excluding ortho intramolecular Hbond substituents is 1. The SMILES string of the molecule is CC1CCN(CC(c2cccc(O)c2)N2CCNC(C)C2)CC1. The number of benzene rings is 1. The van der Waals surface area contributed by atoms with Crippen molar-refractivity contribution in [1.29, 1.82) is 0 Å². The van der Waals surface area contributed by atoms with Crippen molar-refractivity contribution in [3.05, 3.63) is 29.8 Å². The molecule has 23 heavy (non-hydrogen) atoms. The average Bonchev–Trinajstić information content (AvgIpc) is 2.54. The summed E-state index contributed by atoms with van der Waals surface area (Å²) in [5.74, 6) is 1.24. The molecule has 4 nitrogen and oxygen atoms in total. The molecule has 1 aromatic rings. The summed E-state index contributed by atoms with van der Waals surface area (Å²) in [6.07, 6.45) is 2.62. The van der Waals surface area contributed by atoms with Crippen LogP contribution >= 0.6 is 0 Å². The van der Waals surface area contributed by atoms with Crippen LogP contribution < -0.4 is 5.32 Å². The largest absolute Gasteiger partial charge is 0.508 e. The predicted molar refractivity (Wildman–Crippen MR) is 94.7 cm³/mol. The Bertz CT molecular complexity index is 499. The van der Waals surface area contributed by atoms with Crippen molar-refractivity contribution in [1.82, 2.24) is 15.1 Å². The molecule has 4 heteroatoms. The summed E-state index contributed by atoms with van der Waals surface area (Å²) in [6, 6.07) is 8.77. The molecule has 128 valence electrons. The molecule has 0 saturated carbocycles. The number of nitrogens with one attached hydrogen (secondary N) is 1. The van der Waals surface area contributed by atoms with Gasteiger partial charge in [0.15, 0.2) is 0 Å². The maximum absolute atomic E-state index is 9.91. The second-order valence-corrected chi connectivity index (χ2v) is 7.44. The molecule has 2 fully saturated rings. The number of piperazine rings is 1. The highest BCUT2D eigenvalue weighted by Gasteiger charge is 2.28. The van der Waals surface area contributed by atoms with Gasteiger partial charge in [0.1, 0.15) is 5.75 Å². The van der Waals surface area contributed by atoms with Crippen LogP contribution in [0.2, 0.25) is 0 Å². The fourth-order valence-corrected chi connectivity index (χ4v) is 3.90. The molecular formula is C19H31N3O. The van der Waals surface area contributed by atoms with Crippen LogP contribution in [0.15, 0.2) is 24.3 Å². The van der Waals surface area contributed by atoms with Gasteiger partial charge in [-0.3, -0.25) is 4.90 Å². The Labute approximate surface area is 140 Å². The molecule has 2 unspecified atom stereocenters. The molecule has 2 saturated heterocycles. The van der Waals surface area contributed by atoms with Gasteiger partial charge < -0.3 is 15.3 Å². The van der Waals surface area contributed by atoms with Crippen LogP contribution in [-0.4, -0.2) is 60.2 Å². The Hall–Kier alpha value is -1.10. The highest BCUT2D eigenvalue weighted by Crippen LogP contribution is 2.27. The molecule has 2 N–H and O–H groups in total. The summed E-state index contributed by atoms with van der Waals surface area (Å²) < 4.78 is 0. The lowest BCUT2D eigenvalue weighted by Crippen LogP contribution is -2.52. The number of piperidine rings is 1. The smallest absolute Gasteiger partial charge is 0.115 e. The Morgan fingerprint density at radius 1 is 1.22 bits per heavy atom. The van der Waals surface area contributed by atoms with Crippen molar-refractivity contribution in [3.63, 3.8) is 0 Å². The Morgan fingerprint density at radius 3 is 2.70 bits per heavy atom. The van der Waals surface area contributed by atoms with Gasteiger partial charge in [-0.1, -0.05) is 19.1 Å². The first-order chi connectivity index (χ1) is 11.1. The molecule has 1 aromatic carbocycles. The van der Waals surface area contributed by atoms with Crippen LogP contribution in [-0.2, 0) is 0 Å². The Morgan fingerprint density at radius 2 is 2.00 bits per heavy atom. The summed E-state index contributed by atoms with van der Waals surface area (Å²) in [5.41, 5.74) is 1.25. The highest BCUT2D eigenvalue weighted by atomic mass is 16.3. The number of likely N-dealkylation sites (tertiary alicyclic amines) is 1. The topological polar surface area (TPSA) is 38.7 Å². The van der Waals surface area contributed by atoms with Crippen molar-refractivity contribution in [2.75, 3.05) is 39.3 Å². The predicted octanol–water partition coefficient (Wildman–Crippen LogP) is 2.46. The molecule has 0 aromatic heterocycles. The van der Waals surface area contributed by atoms with Crippen molar-refractivity contribution in [2.45, 2.75) is 38.8 Å². The lowest BCUT2D eigenvalue weighted by molar-refractivity contribution is 0.0927. The van der Waals surface area contributed by atoms with Gasteiger partial charge >= 0.3 is 0 Å². The van der Waals surface area contributed by atoms with Crippen LogP contribution in [0.3, 0.4) is 0 Å². The minimum Gasteiger partial charge on any atom is -0.508 e. The second kappa shape index (κ2) is 7.65. The summed E-state index contributed by atoms with van der Waals surface area (Å²) in [5, 5.41) is 13.4. The molecule has 2 aliphatic heterocycles. The summed E-state index contributed by atoms with van der Waals surface area (Å²) in [6.45, 7) is 11.3. The van der Waals surface area contributed by atoms with Crippen LogP contribution in [0.25, 0.3) is 0 Å². The van der Waals surface area contributed by atoms with Gasteiger partial charge in [0, 0.05) is 38.3 Å². The third-order valence-electron chi connectivity index (χ3n) is 5.40. The van der Waals surface area contributed by atoms with Crippen molar-refractivity contribution >= 4 is 0 Å². The number of hydrogen-bond acceptors (Lipinski definition) is 4. The zero-order valence-electron chi connectivity index (χ0n) is 14.5. The van der Waals surface area contributed by atoms with Crippen molar-refractivity contribution < 1.29 is 5.11 Å². The van der Waals surface area contributed by atoms with Crippen molar-refractivity contribution in [2.24, 2.45) is 5.92 Å². The first-order valence-corrected chi connectivity index (χ1v) is 9.10. The number of hydrogen-bond donors (Lipinski definition) is 2. The molecule has 0 amide bonds. The second-order valence-electron chi connectivity index (χ2n) is 7.44. The van der Waals surface area contributed by atoms with Crippen LogP contribution in [0, 0.1) is 5.92 Å².